The van der Waals surface area contributed by atoms with Crippen LogP contribution in [0.3, 0.4) is 0 Å². The van der Waals surface area contributed by atoms with Gasteiger partial charge in [-0.15, -0.1) is 35.3 Å². The van der Waals surface area contributed by atoms with E-state index in [-0.39, 0.29) is 24.0 Å². The lowest BCUT2D eigenvalue weighted by Gasteiger charge is -2.20. The van der Waals surface area contributed by atoms with E-state index in [0.29, 0.717) is 19.0 Å². The van der Waals surface area contributed by atoms with E-state index < -0.39 is 0 Å². The number of hydrogen-bond acceptors (Lipinski definition) is 4. The van der Waals surface area contributed by atoms with Gasteiger partial charge in [0.15, 0.2) is 5.96 Å². The molecule has 150 valence electrons. The Balaban J connectivity index is 0.00000280. The summed E-state index contributed by atoms with van der Waals surface area (Å²) in [6.07, 6.45) is 1.87. The molecule has 0 unspecified atom stereocenters. The van der Waals surface area contributed by atoms with Crippen molar-refractivity contribution in [3.8, 4) is 11.3 Å². The van der Waals surface area contributed by atoms with E-state index in [1.807, 2.05) is 36.3 Å². The van der Waals surface area contributed by atoms with Crippen molar-refractivity contribution in [3.05, 3.63) is 58.4 Å². The van der Waals surface area contributed by atoms with Crippen LogP contribution < -0.4 is 5.32 Å². The Bertz CT molecular complexity index is 887. The summed E-state index contributed by atoms with van der Waals surface area (Å²) in [5, 5.41) is 6.65. The predicted molar refractivity (Wildman–Crippen MR) is 127 cm³/mol. The fourth-order valence-electron chi connectivity index (χ4n) is 2.73. The lowest BCUT2D eigenvalue weighted by molar-refractivity contribution is 0.463. The number of hydrogen-bond donors (Lipinski definition) is 2. The Morgan fingerprint density at radius 2 is 2.04 bits per heavy atom. The molecule has 0 saturated carbocycles. The quantitative estimate of drug-likeness (QED) is 0.292. The molecule has 0 aliphatic rings. The van der Waals surface area contributed by atoms with Crippen LogP contribution in [0.15, 0.2) is 46.9 Å². The third kappa shape index (κ3) is 5.78. The van der Waals surface area contributed by atoms with Crippen LogP contribution in [0, 0.1) is 0 Å². The van der Waals surface area contributed by atoms with Crippen LogP contribution in [0.2, 0.25) is 0 Å². The highest BCUT2D eigenvalue weighted by atomic mass is 127. The average molecular weight is 510 g/mol. The molecule has 28 heavy (non-hydrogen) atoms. The van der Waals surface area contributed by atoms with Gasteiger partial charge in [0.05, 0.1) is 35.7 Å². The van der Waals surface area contributed by atoms with E-state index in [1.165, 1.54) is 5.01 Å². The van der Waals surface area contributed by atoms with E-state index in [1.54, 1.807) is 18.4 Å². The van der Waals surface area contributed by atoms with Gasteiger partial charge in [-0.3, -0.25) is 4.99 Å². The minimum absolute atomic E-state index is 0. The predicted octanol–water partition coefficient (Wildman–Crippen LogP) is 4.48. The summed E-state index contributed by atoms with van der Waals surface area (Å²) in [5.74, 6) is 2.17. The number of halogens is 1. The number of aliphatic imine (C=N–C) groups is 1. The van der Waals surface area contributed by atoms with E-state index in [4.69, 9.17) is 0 Å². The second kappa shape index (κ2) is 10.6. The molecule has 2 N–H and O–H groups in total. The molecule has 0 radical (unpaired) electrons. The maximum absolute atomic E-state index is 4.66. The first kappa shape index (κ1) is 22.4. The summed E-state index contributed by atoms with van der Waals surface area (Å²) in [5.41, 5.74) is 3.19. The zero-order valence-electron chi connectivity index (χ0n) is 16.6. The Morgan fingerprint density at radius 3 is 2.68 bits per heavy atom. The number of H-pyrrole nitrogens is 1. The highest BCUT2D eigenvalue weighted by Gasteiger charge is 2.11. The van der Waals surface area contributed by atoms with Crippen LogP contribution in [0.5, 0.6) is 0 Å². The highest BCUT2D eigenvalue weighted by Crippen LogP contribution is 2.19. The van der Waals surface area contributed by atoms with Crippen molar-refractivity contribution in [1.29, 1.82) is 0 Å². The smallest absolute Gasteiger partial charge is 0.194 e. The lowest BCUT2D eigenvalue weighted by atomic mass is 10.2. The molecule has 1 aromatic carbocycles. The first-order chi connectivity index (χ1) is 13.1. The number of nitrogens with one attached hydrogen (secondary N) is 2. The van der Waals surface area contributed by atoms with Gasteiger partial charge in [-0.2, -0.15) is 0 Å². The van der Waals surface area contributed by atoms with E-state index in [0.717, 1.165) is 28.7 Å². The normalized spacial score (nSPS) is 11.4. The molecule has 2 heterocycles. The zero-order chi connectivity index (χ0) is 19.2. The van der Waals surface area contributed by atoms with Crippen molar-refractivity contribution < 1.29 is 0 Å². The van der Waals surface area contributed by atoms with Crippen molar-refractivity contribution in [3.63, 3.8) is 0 Å². The molecule has 0 aliphatic carbocycles. The minimum Gasteiger partial charge on any atom is -0.351 e. The van der Waals surface area contributed by atoms with E-state index in [2.05, 4.69) is 56.6 Å². The molecule has 2 aromatic heterocycles. The van der Waals surface area contributed by atoms with Gasteiger partial charge in [0.1, 0.15) is 5.82 Å². The third-order valence-electron chi connectivity index (χ3n) is 4.16. The number of rotatable bonds is 6. The number of nitrogens with zero attached hydrogens (tertiary/aromatic N) is 4. The van der Waals surface area contributed by atoms with E-state index in [9.17, 15) is 0 Å². The molecule has 3 rings (SSSR count). The molecule has 0 bridgehead atoms. The van der Waals surface area contributed by atoms with Crippen LogP contribution in [0.4, 0.5) is 0 Å². The lowest BCUT2D eigenvalue weighted by Crippen LogP contribution is -2.38. The second-order valence-corrected chi connectivity index (χ2v) is 7.59. The standard InChI is InChI=1S/C20H26N6S.HI/c1-14(2)19-24-16(13-27-19)10-23-20(21-3)26(4)12-18-22-11-17(25-18)15-8-6-5-7-9-15;/h5-9,11,13-14H,10,12H2,1-4H3,(H,21,23)(H,22,25);1H. The van der Waals surface area contributed by atoms with Crippen molar-refractivity contribution in [2.75, 3.05) is 14.1 Å². The molecule has 0 atom stereocenters. The number of thiazole rings is 1. The molecule has 6 nitrogen and oxygen atoms in total. The molecular weight excluding hydrogens is 483 g/mol. The summed E-state index contributed by atoms with van der Waals surface area (Å²) in [6.45, 7) is 5.63. The first-order valence-electron chi connectivity index (χ1n) is 9.02. The summed E-state index contributed by atoms with van der Waals surface area (Å²) in [6, 6.07) is 10.2. The van der Waals surface area contributed by atoms with Gasteiger partial charge >= 0.3 is 0 Å². The molecule has 0 aliphatic heterocycles. The topological polar surface area (TPSA) is 69.2 Å². The Kier molecular flexibility index (Phi) is 8.43. The summed E-state index contributed by atoms with van der Waals surface area (Å²) >= 11 is 1.71. The molecule has 0 spiro atoms. The minimum atomic E-state index is 0. The Labute approximate surface area is 187 Å². The summed E-state index contributed by atoms with van der Waals surface area (Å²) in [4.78, 5) is 19.0. The molecule has 8 heteroatoms. The fraction of sp³-hybridized carbons (Fsp3) is 0.350. The molecular formula is C20H27IN6S. The van der Waals surface area contributed by atoms with Gasteiger partial charge in [-0.25, -0.2) is 9.97 Å². The largest absolute Gasteiger partial charge is 0.351 e. The Morgan fingerprint density at radius 1 is 1.29 bits per heavy atom. The van der Waals surface area contributed by atoms with Crippen molar-refractivity contribution >= 4 is 41.3 Å². The van der Waals surface area contributed by atoms with Crippen molar-refractivity contribution in [1.82, 2.24) is 25.2 Å². The first-order valence-corrected chi connectivity index (χ1v) is 9.90. The molecule has 0 saturated heterocycles. The maximum atomic E-state index is 4.66. The van der Waals surface area contributed by atoms with Crippen LogP contribution >= 0.6 is 35.3 Å². The second-order valence-electron chi connectivity index (χ2n) is 6.70. The molecule has 0 fully saturated rings. The van der Waals surface area contributed by atoms with Crippen LogP contribution in [-0.2, 0) is 13.1 Å². The average Bonchev–Trinajstić information content (AvgIpc) is 3.33. The number of guanidine groups is 1. The summed E-state index contributed by atoms with van der Waals surface area (Å²) in [7, 11) is 3.79. The van der Waals surface area contributed by atoms with E-state index >= 15 is 0 Å². The van der Waals surface area contributed by atoms with Crippen molar-refractivity contribution in [2.24, 2.45) is 4.99 Å². The number of aromatic amines is 1. The monoisotopic (exact) mass is 510 g/mol. The third-order valence-corrected chi connectivity index (χ3v) is 5.36. The number of aromatic nitrogens is 3. The van der Waals surface area contributed by atoms with Crippen LogP contribution in [0.1, 0.15) is 36.3 Å². The fourth-order valence-corrected chi connectivity index (χ4v) is 3.57. The van der Waals surface area contributed by atoms with Gasteiger partial charge in [-0.05, 0) is 5.56 Å². The summed E-state index contributed by atoms with van der Waals surface area (Å²) < 4.78 is 0. The van der Waals surface area contributed by atoms with Gasteiger partial charge in [-0.1, -0.05) is 44.2 Å². The number of imidazole rings is 1. The highest BCUT2D eigenvalue weighted by molar-refractivity contribution is 14.0. The number of benzene rings is 1. The maximum Gasteiger partial charge on any atom is 0.194 e. The van der Waals surface area contributed by atoms with Crippen LogP contribution in [-0.4, -0.2) is 39.9 Å². The SMILES string of the molecule is CN=C(NCc1csc(C(C)C)n1)N(C)Cc1ncc(-c2ccccc2)[nH]1.I. The van der Waals surface area contributed by atoms with Gasteiger partial charge in [0.2, 0.25) is 0 Å². The van der Waals surface area contributed by atoms with Gasteiger partial charge < -0.3 is 15.2 Å². The molecule has 0 amide bonds. The van der Waals surface area contributed by atoms with Gasteiger partial charge in [0.25, 0.3) is 0 Å². The zero-order valence-corrected chi connectivity index (χ0v) is 19.8. The van der Waals surface area contributed by atoms with Gasteiger partial charge in [0, 0.05) is 25.4 Å². The van der Waals surface area contributed by atoms with Crippen LogP contribution in [0.25, 0.3) is 11.3 Å². The van der Waals surface area contributed by atoms with Crippen molar-refractivity contribution in [2.45, 2.75) is 32.9 Å². The Hall–Kier alpha value is -1.94. The molecule has 3 aromatic rings.